The first-order chi connectivity index (χ1) is 17.5. The molecule has 2 unspecified atom stereocenters. The number of nitrogens with zero attached hydrogens (tertiary/aromatic N) is 3. The number of H-pyrrole nitrogens is 1. The molecule has 0 saturated heterocycles. The van der Waals surface area contributed by atoms with Crippen LogP contribution in [0, 0.1) is 17.8 Å². The Balaban J connectivity index is 1.43. The lowest BCUT2D eigenvalue weighted by atomic mass is 9.75. The molecule has 4 aromatic rings. The van der Waals surface area contributed by atoms with E-state index in [9.17, 15) is 9.59 Å². The molecule has 7 nitrogen and oxygen atoms in total. The van der Waals surface area contributed by atoms with Gasteiger partial charge in [0.05, 0.1) is 13.7 Å². The highest BCUT2D eigenvalue weighted by Gasteiger charge is 2.60. The SMILES string of the molecule is COc1ccc(Cn2c(=O)[nH]c(=O)c3c2nc(C24C[C@@H]5CC2C[C@@H](C5)C4)n3Cc2ccccc2)cc1. The zero-order valence-corrected chi connectivity index (χ0v) is 20.4. The molecule has 0 radical (unpaired) electrons. The van der Waals surface area contributed by atoms with E-state index in [-0.39, 0.29) is 11.0 Å². The van der Waals surface area contributed by atoms with Crippen LogP contribution < -0.4 is 16.0 Å². The first-order valence-electron chi connectivity index (χ1n) is 12.9. The van der Waals surface area contributed by atoms with E-state index in [0.717, 1.165) is 47.4 Å². The number of ether oxygens (including phenoxy) is 1. The van der Waals surface area contributed by atoms with E-state index in [1.54, 1.807) is 11.7 Å². The second kappa shape index (κ2) is 7.95. The second-order valence-electron chi connectivity index (χ2n) is 11.1. The lowest BCUT2D eigenvalue weighted by molar-refractivity contribution is 0.258. The summed E-state index contributed by atoms with van der Waals surface area (Å²) in [6.07, 6.45) is 6.15. The molecule has 0 aliphatic heterocycles. The Labute approximate surface area is 208 Å². The Morgan fingerprint density at radius 3 is 2.28 bits per heavy atom. The molecule has 4 aliphatic rings. The van der Waals surface area contributed by atoms with Crippen LogP contribution in [0.4, 0.5) is 0 Å². The van der Waals surface area contributed by atoms with Gasteiger partial charge in [-0.15, -0.1) is 0 Å². The highest BCUT2D eigenvalue weighted by Crippen LogP contribution is 2.65. The molecule has 0 spiro atoms. The van der Waals surface area contributed by atoms with Crippen LogP contribution in [0.15, 0.2) is 64.2 Å². The Bertz CT molecular complexity index is 1550. The third-order valence-electron chi connectivity index (χ3n) is 9.00. The first-order valence-corrected chi connectivity index (χ1v) is 12.9. The molecule has 2 aromatic carbocycles. The van der Waals surface area contributed by atoms with Gasteiger partial charge in [-0.2, -0.15) is 0 Å². The van der Waals surface area contributed by atoms with E-state index in [4.69, 9.17) is 9.72 Å². The molecule has 4 fully saturated rings. The lowest BCUT2D eigenvalue weighted by Crippen LogP contribution is -2.33. The molecule has 4 saturated carbocycles. The summed E-state index contributed by atoms with van der Waals surface area (Å²) in [5.41, 5.74) is 2.30. The van der Waals surface area contributed by atoms with Crippen LogP contribution in [0.2, 0.25) is 0 Å². The number of hydrogen-bond donors (Lipinski definition) is 1. The fraction of sp³-hybridized carbons (Fsp3) is 0.414. The Morgan fingerprint density at radius 1 is 0.917 bits per heavy atom. The number of nitrogens with one attached hydrogen (secondary N) is 1. The third kappa shape index (κ3) is 3.21. The van der Waals surface area contributed by atoms with E-state index in [2.05, 4.69) is 21.7 Å². The zero-order chi connectivity index (χ0) is 24.4. The quantitative estimate of drug-likeness (QED) is 0.449. The first kappa shape index (κ1) is 21.7. The number of benzene rings is 2. The van der Waals surface area contributed by atoms with Crippen molar-refractivity contribution in [1.82, 2.24) is 19.1 Å². The maximum atomic E-state index is 13.3. The van der Waals surface area contributed by atoms with Gasteiger partial charge >= 0.3 is 5.69 Å². The minimum Gasteiger partial charge on any atom is -0.497 e. The van der Waals surface area contributed by atoms with Crippen LogP contribution in [0.25, 0.3) is 11.2 Å². The predicted molar refractivity (Wildman–Crippen MR) is 137 cm³/mol. The maximum absolute atomic E-state index is 13.3. The van der Waals surface area contributed by atoms with Crippen molar-refractivity contribution in [3.63, 3.8) is 0 Å². The van der Waals surface area contributed by atoms with Crippen molar-refractivity contribution in [2.45, 2.75) is 50.6 Å². The summed E-state index contributed by atoms with van der Waals surface area (Å²) in [5.74, 6) is 3.90. The number of fused-ring (bicyclic) bond motifs is 1. The normalized spacial score (nSPS) is 26.2. The Morgan fingerprint density at radius 2 is 1.58 bits per heavy atom. The summed E-state index contributed by atoms with van der Waals surface area (Å²) in [6.45, 7) is 0.903. The van der Waals surface area contributed by atoms with Crippen LogP contribution in [0.5, 0.6) is 5.75 Å². The van der Waals surface area contributed by atoms with Gasteiger partial charge in [0.2, 0.25) is 0 Å². The van der Waals surface area contributed by atoms with Gasteiger partial charge < -0.3 is 9.30 Å². The fourth-order valence-electron chi connectivity index (χ4n) is 7.69. The Hall–Kier alpha value is -3.61. The summed E-state index contributed by atoms with van der Waals surface area (Å²) in [7, 11) is 1.63. The molecule has 4 bridgehead atoms. The van der Waals surface area contributed by atoms with E-state index < -0.39 is 5.69 Å². The summed E-state index contributed by atoms with van der Waals surface area (Å²) in [4.78, 5) is 34.3. The number of aromatic amines is 1. The number of hydrogen-bond acceptors (Lipinski definition) is 4. The molecular weight excluding hydrogens is 452 g/mol. The molecule has 184 valence electrons. The van der Waals surface area contributed by atoms with Gasteiger partial charge in [-0.3, -0.25) is 14.3 Å². The summed E-state index contributed by atoms with van der Waals surface area (Å²) < 4.78 is 9.04. The topological polar surface area (TPSA) is 81.9 Å². The average molecular weight is 483 g/mol. The van der Waals surface area contributed by atoms with Gasteiger partial charge in [-0.05, 0) is 73.1 Å². The van der Waals surface area contributed by atoms with Crippen molar-refractivity contribution in [3.05, 3.63) is 92.4 Å². The van der Waals surface area contributed by atoms with E-state index in [0.29, 0.717) is 30.2 Å². The third-order valence-corrected chi connectivity index (χ3v) is 9.00. The summed E-state index contributed by atoms with van der Waals surface area (Å²) in [6, 6.07) is 17.9. The number of imidazole rings is 1. The molecule has 8 rings (SSSR count). The molecule has 4 atom stereocenters. The van der Waals surface area contributed by atoms with Crippen LogP contribution in [0.3, 0.4) is 0 Å². The molecule has 2 heterocycles. The van der Waals surface area contributed by atoms with Crippen molar-refractivity contribution >= 4 is 11.2 Å². The van der Waals surface area contributed by atoms with E-state index >= 15 is 0 Å². The molecule has 7 heteroatoms. The number of aromatic nitrogens is 4. The molecule has 4 aliphatic carbocycles. The Kier molecular flexibility index (Phi) is 4.78. The molecule has 36 heavy (non-hydrogen) atoms. The monoisotopic (exact) mass is 482 g/mol. The zero-order valence-electron chi connectivity index (χ0n) is 20.4. The number of methoxy groups -OCH3 is 1. The van der Waals surface area contributed by atoms with E-state index in [1.165, 1.54) is 19.3 Å². The van der Waals surface area contributed by atoms with Crippen molar-refractivity contribution < 1.29 is 4.74 Å². The van der Waals surface area contributed by atoms with Gasteiger partial charge in [-0.25, -0.2) is 9.78 Å². The average Bonchev–Trinajstić information content (AvgIpc) is 3.47. The highest BCUT2D eigenvalue weighted by atomic mass is 16.5. The van der Waals surface area contributed by atoms with Gasteiger partial charge in [0.15, 0.2) is 11.2 Å². The van der Waals surface area contributed by atoms with Gasteiger partial charge in [0.1, 0.15) is 11.6 Å². The maximum Gasteiger partial charge on any atom is 0.330 e. The van der Waals surface area contributed by atoms with Gasteiger partial charge in [0, 0.05) is 12.0 Å². The lowest BCUT2D eigenvalue weighted by Gasteiger charge is -2.32. The van der Waals surface area contributed by atoms with Crippen LogP contribution >= 0.6 is 0 Å². The van der Waals surface area contributed by atoms with Crippen LogP contribution in [0.1, 0.15) is 49.1 Å². The second-order valence-corrected chi connectivity index (χ2v) is 11.1. The van der Waals surface area contributed by atoms with E-state index in [1.807, 2.05) is 42.5 Å². The summed E-state index contributed by atoms with van der Waals surface area (Å²) >= 11 is 0. The van der Waals surface area contributed by atoms with Crippen molar-refractivity contribution in [1.29, 1.82) is 0 Å². The van der Waals surface area contributed by atoms with Crippen molar-refractivity contribution in [2.75, 3.05) is 7.11 Å². The number of rotatable bonds is 6. The van der Waals surface area contributed by atoms with Gasteiger partial charge in [0.25, 0.3) is 5.56 Å². The molecule has 0 amide bonds. The van der Waals surface area contributed by atoms with Gasteiger partial charge in [-0.1, -0.05) is 42.5 Å². The molecule has 1 N–H and O–H groups in total. The van der Waals surface area contributed by atoms with Crippen molar-refractivity contribution in [2.24, 2.45) is 17.8 Å². The van der Waals surface area contributed by atoms with Crippen molar-refractivity contribution in [3.8, 4) is 5.75 Å². The van der Waals surface area contributed by atoms with Crippen LogP contribution in [-0.4, -0.2) is 26.2 Å². The largest absolute Gasteiger partial charge is 0.497 e. The standard InChI is InChI=1S/C29H30N4O3/c1-36-23-9-7-19(8-10-23)17-33-25-24(26(34)31-28(33)35)32(16-18-5-3-2-4-6-18)27(30-25)29-14-20-11-21(15-29)13-22(29)12-20/h2-10,20-22H,11-17H2,1H3,(H,31,34,35)/t20-,21+,22?,29?. The smallest absolute Gasteiger partial charge is 0.330 e. The molecular formula is C29H30N4O3. The van der Waals surface area contributed by atoms with Crippen LogP contribution in [-0.2, 0) is 18.5 Å². The highest BCUT2D eigenvalue weighted by molar-refractivity contribution is 5.72. The minimum absolute atomic E-state index is 0.00874. The summed E-state index contributed by atoms with van der Waals surface area (Å²) in [5, 5.41) is 0. The molecule has 2 aromatic heterocycles. The fourth-order valence-corrected chi connectivity index (χ4v) is 7.69. The predicted octanol–water partition coefficient (Wildman–Crippen LogP) is 4.07. The minimum atomic E-state index is -0.422.